The van der Waals surface area contributed by atoms with E-state index in [1.807, 2.05) is 42.5 Å². The molecule has 0 atom stereocenters. The van der Waals surface area contributed by atoms with Crippen molar-refractivity contribution in [3.8, 4) is 56.4 Å². The third-order valence-corrected chi connectivity index (χ3v) is 7.99. The average Bonchev–Trinajstić information content (AvgIpc) is 3.15. The Kier molecular flexibility index (Phi) is 15.7. The fraction of sp³-hybridized carbons (Fsp3) is 0.122. The molecule has 0 unspecified atom stereocenters. The molecule has 264 valence electrons. The van der Waals surface area contributed by atoms with E-state index in [0.717, 1.165) is 11.1 Å². The van der Waals surface area contributed by atoms with Gasteiger partial charge in [-0.1, -0.05) is 102 Å². The van der Waals surface area contributed by atoms with Crippen LogP contribution in [0.15, 0.2) is 138 Å². The van der Waals surface area contributed by atoms with E-state index >= 15 is 0 Å². The van der Waals surface area contributed by atoms with Crippen molar-refractivity contribution in [2.45, 2.75) is 7.43 Å². The van der Waals surface area contributed by atoms with Gasteiger partial charge in [-0.3, -0.25) is 0 Å². The second-order valence-electron chi connectivity index (χ2n) is 10.6. The van der Waals surface area contributed by atoms with Crippen LogP contribution in [0, 0.1) is 11.6 Å². The van der Waals surface area contributed by atoms with Crippen molar-refractivity contribution in [2.75, 3.05) is 28.4 Å². The molecule has 0 heterocycles. The van der Waals surface area contributed by atoms with Crippen molar-refractivity contribution in [3.05, 3.63) is 150 Å². The van der Waals surface area contributed by atoms with E-state index in [4.69, 9.17) is 29.0 Å². The van der Waals surface area contributed by atoms with Gasteiger partial charge < -0.3 is 29.0 Å². The van der Waals surface area contributed by atoms with E-state index in [1.165, 1.54) is 6.07 Å². The second-order valence-corrected chi connectivity index (χ2v) is 11.5. The number of hydrogen-bond acceptors (Lipinski definition) is 6. The first-order chi connectivity index (χ1) is 24.2. The SMILES string of the molecule is C.COc1ccc(OC)c(-c2ccc(-c3ccccc3)cc2F)c1.COc1ccc(OC)c(-c2ccc(Br)cc2F)c1.OB(O)c1ccccc1. The lowest BCUT2D eigenvalue weighted by molar-refractivity contribution is 0.404. The highest BCUT2D eigenvalue weighted by Crippen LogP contribution is 2.37. The highest BCUT2D eigenvalue weighted by Gasteiger charge is 2.14. The van der Waals surface area contributed by atoms with Gasteiger partial charge in [-0.15, -0.1) is 0 Å². The van der Waals surface area contributed by atoms with Crippen LogP contribution in [0.3, 0.4) is 0 Å². The summed E-state index contributed by atoms with van der Waals surface area (Å²) < 4.78 is 50.3. The van der Waals surface area contributed by atoms with Crippen molar-refractivity contribution in [2.24, 2.45) is 0 Å². The molecule has 0 aliphatic heterocycles. The van der Waals surface area contributed by atoms with Crippen molar-refractivity contribution in [1.29, 1.82) is 0 Å². The van der Waals surface area contributed by atoms with E-state index in [-0.39, 0.29) is 19.1 Å². The quantitative estimate of drug-likeness (QED) is 0.151. The molecule has 0 saturated carbocycles. The molecule has 0 aromatic heterocycles. The van der Waals surface area contributed by atoms with Crippen LogP contribution in [0.1, 0.15) is 7.43 Å². The molecular weight excluding hydrogens is 717 g/mol. The van der Waals surface area contributed by atoms with Crippen LogP contribution in [0.25, 0.3) is 33.4 Å². The summed E-state index contributed by atoms with van der Waals surface area (Å²) in [5.74, 6) is 1.93. The Balaban J connectivity index is 0.000000223. The van der Waals surface area contributed by atoms with Gasteiger partial charge in [-0.25, -0.2) is 8.78 Å². The molecular formula is C41H40BBrF2O6. The van der Waals surface area contributed by atoms with Crippen LogP contribution in [0.4, 0.5) is 8.78 Å². The number of benzene rings is 6. The molecule has 0 radical (unpaired) electrons. The van der Waals surface area contributed by atoms with Gasteiger partial charge in [0, 0.05) is 26.7 Å². The Hall–Kier alpha value is -5.16. The van der Waals surface area contributed by atoms with E-state index < -0.39 is 7.12 Å². The molecule has 6 rings (SSSR count). The van der Waals surface area contributed by atoms with Crippen molar-refractivity contribution in [1.82, 2.24) is 0 Å². The molecule has 51 heavy (non-hydrogen) atoms. The zero-order valence-corrected chi connectivity index (χ0v) is 29.5. The summed E-state index contributed by atoms with van der Waals surface area (Å²) in [5, 5.41) is 17.2. The summed E-state index contributed by atoms with van der Waals surface area (Å²) in [4.78, 5) is 0. The van der Waals surface area contributed by atoms with Crippen LogP contribution in [-0.2, 0) is 0 Å². The third-order valence-electron chi connectivity index (χ3n) is 7.50. The molecule has 6 nitrogen and oxygen atoms in total. The number of ether oxygens (including phenoxy) is 4. The van der Waals surface area contributed by atoms with Crippen LogP contribution in [0.2, 0.25) is 0 Å². The molecule has 0 bridgehead atoms. The van der Waals surface area contributed by atoms with Crippen molar-refractivity contribution < 1.29 is 37.8 Å². The van der Waals surface area contributed by atoms with Gasteiger partial charge in [0.15, 0.2) is 0 Å². The average molecular weight is 757 g/mol. The topological polar surface area (TPSA) is 77.4 Å². The lowest BCUT2D eigenvalue weighted by atomic mass is 9.81. The summed E-state index contributed by atoms with van der Waals surface area (Å²) in [6.07, 6.45) is 0. The summed E-state index contributed by atoms with van der Waals surface area (Å²) in [5.41, 5.74) is 4.65. The Morgan fingerprint density at radius 1 is 0.490 bits per heavy atom. The number of halogens is 3. The number of hydrogen-bond donors (Lipinski definition) is 2. The fourth-order valence-corrected chi connectivity index (χ4v) is 5.26. The van der Waals surface area contributed by atoms with Crippen molar-refractivity contribution in [3.63, 3.8) is 0 Å². The van der Waals surface area contributed by atoms with E-state index in [9.17, 15) is 8.78 Å². The Bertz CT molecular complexity index is 1980. The molecule has 0 aliphatic rings. The maximum Gasteiger partial charge on any atom is 0.488 e. The van der Waals surface area contributed by atoms with Gasteiger partial charge in [0.2, 0.25) is 0 Å². The normalized spacial score (nSPS) is 9.90. The van der Waals surface area contributed by atoms with E-state index in [1.54, 1.807) is 113 Å². The Morgan fingerprint density at radius 3 is 1.37 bits per heavy atom. The summed E-state index contributed by atoms with van der Waals surface area (Å²) in [7, 11) is 4.94. The van der Waals surface area contributed by atoms with Gasteiger partial charge in [-0.2, -0.15) is 0 Å². The minimum atomic E-state index is -1.34. The Labute approximate surface area is 307 Å². The van der Waals surface area contributed by atoms with Crippen LogP contribution in [0.5, 0.6) is 23.0 Å². The molecule has 10 heteroatoms. The smallest absolute Gasteiger partial charge is 0.488 e. The third kappa shape index (κ3) is 10.9. The molecule has 2 N–H and O–H groups in total. The highest BCUT2D eigenvalue weighted by molar-refractivity contribution is 9.10. The van der Waals surface area contributed by atoms with Gasteiger partial charge in [0.25, 0.3) is 0 Å². The first-order valence-electron chi connectivity index (χ1n) is 15.3. The lowest BCUT2D eigenvalue weighted by Gasteiger charge is -2.12. The summed E-state index contributed by atoms with van der Waals surface area (Å²) in [6.45, 7) is 0. The monoisotopic (exact) mass is 756 g/mol. The number of methoxy groups -OCH3 is 4. The Morgan fingerprint density at radius 2 is 0.961 bits per heavy atom. The van der Waals surface area contributed by atoms with Crippen LogP contribution in [-0.4, -0.2) is 45.6 Å². The summed E-state index contributed by atoms with van der Waals surface area (Å²) >= 11 is 3.24. The lowest BCUT2D eigenvalue weighted by Crippen LogP contribution is -2.29. The predicted octanol–water partition coefficient (Wildman–Crippen LogP) is 9.45. The zero-order chi connectivity index (χ0) is 36.0. The van der Waals surface area contributed by atoms with Gasteiger partial charge in [-0.05, 0) is 71.2 Å². The largest absolute Gasteiger partial charge is 0.497 e. The van der Waals surface area contributed by atoms with E-state index in [2.05, 4.69) is 15.9 Å². The first-order valence-corrected chi connectivity index (χ1v) is 16.1. The van der Waals surface area contributed by atoms with E-state index in [0.29, 0.717) is 55.2 Å². The second kappa shape index (κ2) is 19.9. The molecule has 0 amide bonds. The van der Waals surface area contributed by atoms with Gasteiger partial charge in [0.1, 0.15) is 34.6 Å². The van der Waals surface area contributed by atoms with Gasteiger partial charge >= 0.3 is 7.12 Å². The fourth-order valence-electron chi connectivity index (χ4n) is 4.93. The summed E-state index contributed by atoms with van der Waals surface area (Å²) in [6, 6.07) is 39.2. The highest BCUT2D eigenvalue weighted by atomic mass is 79.9. The molecule has 0 aliphatic carbocycles. The van der Waals surface area contributed by atoms with Crippen LogP contribution < -0.4 is 24.4 Å². The zero-order valence-electron chi connectivity index (χ0n) is 27.9. The molecule has 6 aromatic rings. The maximum absolute atomic E-state index is 14.7. The predicted molar refractivity (Wildman–Crippen MR) is 206 cm³/mol. The maximum atomic E-state index is 14.7. The van der Waals surface area contributed by atoms with Crippen LogP contribution >= 0.6 is 15.9 Å². The van der Waals surface area contributed by atoms with Crippen molar-refractivity contribution >= 4 is 28.5 Å². The van der Waals surface area contributed by atoms with Gasteiger partial charge in [0.05, 0.1) is 28.4 Å². The molecule has 0 spiro atoms. The minimum Gasteiger partial charge on any atom is -0.497 e. The minimum absolute atomic E-state index is 0. The molecule has 0 fully saturated rings. The standard InChI is InChI=1S/C20H17FO2.C14H12BrFO2.C6H7BO2.CH4/c1-22-16-9-11-20(23-2)18(13-16)17-10-8-15(12-19(17)21)14-6-4-3-5-7-14;1-17-10-4-6-14(18-2)12(8-10)11-5-3-9(15)7-13(11)16;8-7(9)6-4-2-1-3-5-6;/h3-13H,1-2H3;3-8H,1-2H3;1-5,8-9H;1H4. The number of rotatable bonds is 8. The first kappa shape index (κ1) is 40.3. The molecule has 0 saturated heterocycles. The molecule has 6 aromatic carbocycles.